The lowest BCUT2D eigenvalue weighted by Crippen LogP contribution is -2.69. The smallest absolute Gasteiger partial charge is 0.242 e. The molecule has 0 aliphatic carbocycles. The summed E-state index contributed by atoms with van der Waals surface area (Å²) >= 11 is 0. The highest BCUT2D eigenvalue weighted by atomic mass is 16.2. The third-order valence-electron chi connectivity index (χ3n) is 4.29. The molecule has 0 saturated carbocycles. The first-order valence-electron chi connectivity index (χ1n) is 7.36. The number of hydrogen-bond acceptors (Lipinski definition) is 3. The Balaban J connectivity index is 2.61. The van der Waals surface area contributed by atoms with E-state index in [-0.39, 0.29) is 11.4 Å². The molecule has 1 aliphatic rings. The van der Waals surface area contributed by atoms with E-state index in [2.05, 4.69) is 45.0 Å². The van der Waals surface area contributed by atoms with Crippen molar-refractivity contribution in [3.63, 3.8) is 0 Å². The van der Waals surface area contributed by atoms with E-state index in [0.717, 1.165) is 26.1 Å². The lowest BCUT2D eigenvalue weighted by Gasteiger charge is -2.53. The number of hydrogen-bond donors (Lipinski definition) is 1. The summed E-state index contributed by atoms with van der Waals surface area (Å²) in [5.41, 5.74) is -0.379. The zero-order valence-electron chi connectivity index (χ0n) is 13.7. The summed E-state index contributed by atoms with van der Waals surface area (Å²) in [6.07, 6.45) is 1.01. The van der Waals surface area contributed by atoms with E-state index in [1.807, 2.05) is 18.7 Å². The van der Waals surface area contributed by atoms with Gasteiger partial charge in [0.05, 0.1) is 5.54 Å². The third kappa shape index (κ3) is 3.69. The highest BCUT2D eigenvalue weighted by Crippen LogP contribution is 2.31. The van der Waals surface area contributed by atoms with Gasteiger partial charge in [0, 0.05) is 24.7 Å². The molecule has 0 aromatic carbocycles. The van der Waals surface area contributed by atoms with Gasteiger partial charge < -0.3 is 10.2 Å². The maximum absolute atomic E-state index is 12.5. The summed E-state index contributed by atoms with van der Waals surface area (Å²) in [7, 11) is 2.05. The predicted octanol–water partition coefficient (Wildman–Crippen LogP) is 1.71. The molecule has 4 nitrogen and oxygen atoms in total. The lowest BCUT2D eigenvalue weighted by molar-refractivity contribution is -0.157. The first-order valence-corrected chi connectivity index (χ1v) is 7.36. The van der Waals surface area contributed by atoms with E-state index < -0.39 is 5.54 Å². The number of likely N-dealkylation sites (N-methyl/N-ethyl adjacent to an activating group) is 1. The van der Waals surface area contributed by atoms with Crippen LogP contribution in [0.2, 0.25) is 0 Å². The van der Waals surface area contributed by atoms with Crippen LogP contribution in [0.3, 0.4) is 0 Å². The first-order chi connectivity index (χ1) is 8.59. The van der Waals surface area contributed by atoms with Crippen molar-refractivity contribution < 1.29 is 4.79 Å². The Morgan fingerprint density at radius 1 is 1.26 bits per heavy atom. The Morgan fingerprint density at radius 2 is 1.84 bits per heavy atom. The van der Waals surface area contributed by atoms with Crippen LogP contribution in [0.4, 0.5) is 0 Å². The number of rotatable bonds is 5. The van der Waals surface area contributed by atoms with Crippen molar-refractivity contribution in [2.75, 3.05) is 26.7 Å². The second-order valence-electron chi connectivity index (χ2n) is 7.12. The van der Waals surface area contributed by atoms with Crippen LogP contribution in [-0.2, 0) is 4.79 Å². The molecule has 0 spiro atoms. The van der Waals surface area contributed by atoms with E-state index in [1.165, 1.54) is 0 Å². The van der Waals surface area contributed by atoms with Crippen LogP contribution in [0.5, 0.6) is 0 Å². The molecule has 1 rings (SSSR count). The molecule has 1 heterocycles. The molecular weight excluding hydrogens is 238 g/mol. The van der Waals surface area contributed by atoms with Gasteiger partial charge in [-0.1, -0.05) is 13.8 Å². The first kappa shape index (κ1) is 16.4. The van der Waals surface area contributed by atoms with Gasteiger partial charge in [-0.2, -0.15) is 0 Å². The van der Waals surface area contributed by atoms with Crippen molar-refractivity contribution in [3.05, 3.63) is 0 Å². The van der Waals surface area contributed by atoms with E-state index in [9.17, 15) is 4.79 Å². The van der Waals surface area contributed by atoms with Gasteiger partial charge in [0.25, 0.3) is 0 Å². The van der Waals surface area contributed by atoms with Crippen LogP contribution in [0, 0.1) is 0 Å². The Bertz CT molecular complexity index is 323. The zero-order chi connectivity index (χ0) is 14.8. The largest absolute Gasteiger partial charge is 0.339 e. The summed E-state index contributed by atoms with van der Waals surface area (Å²) in [4.78, 5) is 16.8. The van der Waals surface area contributed by atoms with Crippen LogP contribution in [0.15, 0.2) is 0 Å². The van der Waals surface area contributed by atoms with E-state index in [0.29, 0.717) is 6.04 Å². The van der Waals surface area contributed by atoms with E-state index in [4.69, 9.17) is 0 Å². The van der Waals surface area contributed by atoms with Gasteiger partial charge in [-0.25, -0.2) is 0 Å². The van der Waals surface area contributed by atoms with E-state index in [1.54, 1.807) is 0 Å². The minimum absolute atomic E-state index is 0.0306. The molecule has 19 heavy (non-hydrogen) atoms. The molecule has 0 aromatic heterocycles. The van der Waals surface area contributed by atoms with Crippen LogP contribution >= 0.6 is 0 Å². The summed E-state index contributed by atoms with van der Waals surface area (Å²) in [6, 6.07) is 0.510. The molecule has 1 amide bonds. The van der Waals surface area contributed by atoms with Crippen molar-refractivity contribution in [2.24, 2.45) is 0 Å². The number of nitrogens with one attached hydrogen (secondary N) is 1. The number of piperazine rings is 1. The SMILES string of the molecule is CC(C)NCCCN1CC(C)(C)N(C)C(C)(C)C1=O. The van der Waals surface area contributed by atoms with Crippen LogP contribution in [0.25, 0.3) is 0 Å². The van der Waals surface area contributed by atoms with Crippen LogP contribution in [-0.4, -0.2) is 59.5 Å². The van der Waals surface area contributed by atoms with Crippen molar-refractivity contribution in [3.8, 4) is 0 Å². The minimum Gasteiger partial charge on any atom is -0.339 e. The van der Waals surface area contributed by atoms with Gasteiger partial charge in [-0.15, -0.1) is 0 Å². The fourth-order valence-electron chi connectivity index (χ4n) is 2.77. The normalized spacial score (nSPS) is 23.2. The molecular formula is C15H31N3O. The fraction of sp³-hybridized carbons (Fsp3) is 0.933. The molecule has 112 valence electrons. The maximum atomic E-state index is 12.5. The number of nitrogens with zero attached hydrogens (tertiary/aromatic N) is 2. The molecule has 1 N–H and O–H groups in total. The van der Waals surface area contributed by atoms with Crippen molar-refractivity contribution in [2.45, 2.75) is 65.1 Å². The number of carbonyl (C=O) groups excluding carboxylic acids is 1. The minimum atomic E-state index is -0.409. The molecule has 4 heteroatoms. The van der Waals surface area contributed by atoms with Gasteiger partial charge in [0.2, 0.25) is 5.91 Å². The Labute approximate surface area is 118 Å². The van der Waals surface area contributed by atoms with Gasteiger partial charge in [-0.3, -0.25) is 9.69 Å². The summed E-state index contributed by atoms with van der Waals surface area (Å²) in [6.45, 7) is 15.4. The molecule has 0 radical (unpaired) electrons. The second-order valence-corrected chi connectivity index (χ2v) is 7.12. The Hall–Kier alpha value is -0.610. The summed E-state index contributed by atoms with van der Waals surface area (Å²) in [5, 5.41) is 3.40. The fourth-order valence-corrected chi connectivity index (χ4v) is 2.77. The summed E-state index contributed by atoms with van der Waals surface area (Å²) < 4.78 is 0. The standard InChI is InChI=1S/C15H31N3O/c1-12(2)16-9-8-10-18-11-14(3,4)17(7)15(5,6)13(18)19/h12,16H,8-11H2,1-7H3. The van der Waals surface area contributed by atoms with E-state index >= 15 is 0 Å². The monoisotopic (exact) mass is 269 g/mol. The van der Waals surface area contributed by atoms with Crippen molar-refractivity contribution in [1.82, 2.24) is 15.1 Å². The molecule has 0 unspecified atom stereocenters. The highest BCUT2D eigenvalue weighted by Gasteiger charge is 2.47. The molecule has 0 bridgehead atoms. The molecule has 1 saturated heterocycles. The molecule has 1 aliphatic heterocycles. The Kier molecular flexibility index (Phi) is 5.02. The second kappa shape index (κ2) is 5.80. The van der Waals surface area contributed by atoms with Gasteiger partial charge >= 0.3 is 0 Å². The average Bonchev–Trinajstić information content (AvgIpc) is 2.29. The Morgan fingerprint density at radius 3 is 2.37 bits per heavy atom. The molecule has 0 atom stereocenters. The topological polar surface area (TPSA) is 35.6 Å². The quantitative estimate of drug-likeness (QED) is 0.772. The maximum Gasteiger partial charge on any atom is 0.242 e. The summed E-state index contributed by atoms with van der Waals surface area (Å²) in [5.74, 6) is 0.249. The number of amides is 1. The van der Waals surface area contributed by atoms with Crippen molar-refractivity contribution >= 4 is 5.91 Å². The predicted molar refractivity (Wildman–Crippen MR) is 80.3 cm³/mol. The lowest BCUT2D eigenvalue weighted by atomic mass is 9.87. The van der Waals surface area contributed by atoms with Crippen LogP contribution < -0.4 is 5.32 Å². The zero-order valence-corrected chi connectivity index (χ0v) is 13.7. The van der Waals surface area contributed by atoms with Gasteiger partial charge in [0.1, 0.15) is 0 Å². The highest BCUT2D eigenvalue weighted by molar-refractivity contribution is 5.86. The van der Waals surface area contributed by atoms with Crippen LogP contribution in [0.1, 0.15) is 48.0 Å². The average molecular weight is 269 g/mol. The van der Waals surface area contributed by atoms with Gasteiger partial charge in [-0.05, 0) is 47.7 Å². The third-order valence-corrected chi connectivity index (χ3v) is 4.29. The molecule has 1 fully saturated rings. The number of carbonyl (C=O) groups is 1. The van der Waals surface area contributed by atoms with Crippen molar-refractivity contribution in [1.29, 1.82) is 0 Å². The molecule has 0 aromatic rings. The van der Waals surface area contributed by atoms with Gasteiger partial charge in [0.15, 0.2) is 0 Å².